The van der Waals surface area contributed by atoms with E-state index in [2.05, 4.69) is 22.1 Å². The molecule has 2 aliphatic rings. The molecule has 7 nitrogen and oxygen atoms in total. The lowest BCUT2D eigenvalue weighted by Gasteiger charge is -2.38. The fourth-order valence-corrected chi connectivity index (χ4v) is 4.48. The predicted molar refractivity (Wildman–Crippen MR) is 108 cm³/mol. The van der Waals surface area contributed by atoms with Gasteiger partial charge >= 0.3 is 0 Å². The lowest BCUT2D eigenvalue weighted by Crippen LogP contribution is -2.57. The number of nitrogens with zero attached hydrogens (tertiary/aromatic N) is 4. The van der Waals surface area contributed by atoms with Gasteiger partial charge in [0, 0.05) is 45.6 Å². The van der Waals surface area contributed by atoms with Crippen molar-refractivity contribution in [1.29, 1.82) is 0 Å². The third kappa shape index (κ3) is 5.34. The van der Waals surface area contributed by atoms with Crippen molar-refractivity contribution in [1.82, 2.24) is 24.7 Å². The number of hydrogen-bond donors (Lipinski definition) is 1. The van der Waals surface area contributed by atoms with Gasteiger partial charge in [-0.05, 0) is 25.2 Å². The Morgan fingerprint density at radius 2 is 2.11 bits per heavy atom. The maximum Gasteiger partial charge on any atom is 0.237 e. The minimum Gasteiger partial charge on any atom is -0.353 e. The molecule has 1 saturated heterocycles. The summed E-state index contributed by atoms with van der Waals surface area (Å²) in [5.41, 5.74) is 0. The number of aromatic nitrogens is 2. The van der Waals surface area contributed by atoms with E-state index in [1.807, 2.05) is 22.7 Å². The number of nitrogens with one attached hydrogen (secondary N) is 1. The van der Waals surface area contributed by atoms with E-state index in [1.165, 1.54) is 32.1 Å². The number of carbonyl (C=O) groups excluding carboxylic acids is 2. The molecule has 1 aromatic rings. The van der Waals surface area contributed by atoms with Gasteiger partial charge in [0.1, 0.15) is 5.82 Å². The minimum absolute atomic E-state index is 0.00356. The smallest absolute Gasteiger partial charge is 0.237 e. The zero-order valence-electron chi connectivity index (χ0n) is 17.4. The van der Waals surface area contributed by atoms with E-state index in [1.54, 1.807) is 6.20 Å². The highest BCUT2D eigenvalue weighted by atomic mass is 16.2. The molecule has 1 saturated carbocycles. The molecule has 28 heavy (non-hydrogen) atoms. The number of piperazine rings is 1. The first-order valence-electron chi connectivity index (χ1n) is 10.8. The van der Waals surface area contributed by atoms with E-state index in [-0.39, 0.29) is 24.3 Å². The summed E-state index contributed by atoms with van der Waals surface area (Å²) in [5, 5.41) is 2.96. The largest absolute Gasteiger partial charge is 0.353 e. The fourth-order valence-electron chi connectivity index (χ4n) is 4.48. The van der Waals surface area contributed by atoms with Crippen LogP contribution in [0.5, 0.6) is 0 Å². The Labute approximate surface area is 168 Å². The highest BCUT2D eigenvalue weighted by molar-refractivity contribution is 5.88. The zero-order chi connectivity index (χ0) is 19.9. The van der Waals surface area contributed by atoms with Crippen LogP contribution in [-0.2, 0) is 23.2 Å². The molecule has 3 rings (SSSR count). The summed E-state index contributed by atoms with van der Waals surface area (Å²) >= 11 is 0. The third-order valence-corrected chi connectivity index (χ3v) is 6.13. The molecule has 0 aromatic carbocycles. The Kier molecular flexibility index (Phi) is 7.48. The Bertz CT molecular complexity index is 653. The molecule has 0 unspecified atom stereocenters. The second-order valence-electron chi connectivity index (χ2n) is 8.28. The number of aryl methyl sites for hydroxylation is 1. The lowest BCUT2D eigenvalue weighted by molar-refractivity contribution is -0.139. The fraction of sp³-hybridized carbons (Fsp3) is 0.762. The van der Waals surface area contributed by atoms with Crippen molar-refractivity contribution in [3.05, 3.63) is 18.2 Å². The topological polar surface area (TPSA) is 70.5 Å². The molecular weight excluding hydrogens is 354 g/mol. The van der Waals surface area contributed by atoms with Crippen molar-refractivity contribution in [2.45, 2.75) is 64.5 Å². The average molecular weight is 390 g/mol. The van der Waals surface area contributed by atoms with E-state index in [0.717, 1.165) is 25.3 Å². The first-order valence-corrected chi connectivity index (χ1v) is 10.8. The summed E-state index contributed by atoms with van der Waals surface area (Å²) in [4.78, 5) is 34.2. The maximum absolute atomic E-state index is 13.1. The van der Waals surface area contributed by atoms with Crippen LogP contribution < -0.4 is 5.32 Å². The van der Waals surface area contributed by atoms with Crippen molar-refractivity contribution in [2.24, 2.45) is 13.0 Å². The Morgan fingerprint density at radius 3 is 2.79 bits per heavy atom. The molecule has 1 aliphatic carbocycles. The van der Waals surface area contributed by atoms with Crippen LogP contribution in [0.4, 0.5) is 0 Å². The van der Waals surface area contributed by atoms with E-state index in [9.17, 15) is 9.59 Å². The van der Waals surface area contributed by atoms with Crippen LogP contribution in [0.3, 0.4) is 0 Å². The summed E-state index contributed by atoms with van der Waals surface area (Å²) in [6.07, 6.45) is 11.2. The van der Waals surface area contributed by atoms with Gasteiger partial charge in [0.05, 0.1) is 19.0 Å². The maximum atomic E-state index is 13.1. The van der Waals surface area contributed by atoms with E-state index in [0.29, 0.717) is 25.6 Å². The third-order valence-electron chi connectivity index (χ3n) is 6.13. The monoisotopic (exact) mass is 389 g/mol. The van der Waals surface area contributed by atoms with Crippen LogP contribution in [0.15, 0.2) is 12.4 Å². The Morgan fingerprint density at radius 1 is 1.32 bits per heavy atom. The summed E-state index contributed by atoms with van der Waals surface area (Å²) in [5.74, 6) is 1.58. The van der Waals surface area contributed by atoms with Gasteiger partial charge in [0.15, 0.2) is 0 Å². The quantitative estimate of drug-likeness (QED) is 0.738. The number of amides is 2. The molecule has 0 bridgehead atoms. The van der Waals surface area contributed by atoms with Crippen LogP contribution in [0.25, 0.3) is 0 Å². The molecule has 0 spiro atoms. The van der Waals surface area contributed by atoms with Crippen LogP contribution in [0.2, 0.25) is 0 Å². The van der Waals surface area contributed by atoms with Crippen LogP contribution in [0.1, 0.15) is 57.7 Å². The number of hydrogen-bond acceptors (Lipinski definition) is 4. The van der Waals surface area contributed by atoms with Gasteiger partial charge in [-0.3, -0.25) is 14.5 Å². The first kappa shape index (κ1) is 20.8. The van der Waals surface area contributed by atoms with Crippen molar-refractivity contribution < 1.29 is 9.59 Å². The molecule has 156 valence electrons. The Balaban J connectivity index is 1.64. The number of rotatable bonds is 8. The molecule has 1 N–H and O–H groups in total. The molecule has 1 aliphatic heterocycles. The predicted octanol–water partition coefficient (Wildman–Crippen LogP) is 1.93. The van der Waals surface area contributed by atoms with Gasteiger partial charge in [-0.2, -0.15) is 0 Å². The molecule has 0 radical (unpaired) electrons. The molecule has 7 heteroatoms. The van der Waals surface area contributed by atoms with Crippen LogP contribution >= 0.6 is 0 Å². The SMILES string of the molecule is CCCN(Cc1nccn1C)C(=O)C[C@H]1C(=O)NCCN1CC1CCCCC1. The van der Waals surface area contributed by atoms with Gasteiger partial charge in [-0.15, -0.1) is 0 Å². The molecule has 2 fully saturated rings. The van der Waals surface area contributed by atoms with Crippen molar-refractivity contribution in [3.8, 4) is 0 Å². The van der Waals surface area contributed by atoms with Gasteiger partial charge in [-0.25, -0.2) is 4.98 Å². The lowest BCUT2D eigenvalue weighted by atomic mass is 9.88. The summed E-state index contributed by atoms with van der Waals surface area (Å²) in [6.45, 7) is 5.71. The van der Waals surface area contributed by atoms with Crippen molar-refractivity contribution in [3.63, 3.8) is 0 Å². The van der Waals surface area contributed by atoms with Crippen molar-refractivity contribution in [2.75, 3.05) is 26.2 Å². The molecular formula is C21H35N5O2. The number of imidazole rings is 1. The molecule has 1 aromatic heterocycles. The second-order valence-corrected chi connectivity index (χ2v) is 8.28. The van der Waals surface area contributed by atoms with Crippen molar-refractivity contribution >= 4 is 11.8 Å². The minimum atomic E-state index is -0.344. The van der Waals surface area contributed by atoms with Gasteiger partial charge in [-0.1, -0.05) is 26.2 Å². The normalized spacial score (nSPS) is 21.5. The van der Waals surface area contributed by atoms with E-state index < -0.39 is 0 Å². The highest BCUT2D eigenvalue weighted by Crippen LogP contribution is 2.26. The highest BCUT2D eigenvalue weighted by Gasteiger charge is 2.34. The zero-order valence-corrected chi connectivity index (χ0v) is 17.4. The summed E-state index contributed by atoms with van der Waals surface area (Å²) in [7, 11) is 1.94. The van der Waals surface area contributed by atoms with Gasteiger partial charge < -0.3 is 14.8 Å². The van der Waals surface area contributed by atoms with E-state index >= 15 is 0 Å². The van der Waals surface area contributed by atoms with Gasteiger partial charge in [0.2, 0.25) is 11.8 Å². The molecule has 1 atom stereocenters. The number of carbonyl (C=O) groups is 2. The first-order chi connectivity index (χ1) is 13.6. The summed E-state index contributed by atoms with van der Waals surface area (Å²) < 4.78 is 1.94. The van der Waals surface area contributed by atoms with Crippen LogP contribution in [-0.4, -0.2) is 63.4 Å². The van der Waals surface area contributed by atoms with Gasteiger partial charge in [0.25, 0.3) is 0 Å². The standard InChI is InChI=1S/C21H35N5O2/c1-3-11-26(16-19-22-9-12-24(19)2)20(27)14-18-21(28)23-10-13-25(18)15-17-7-5-4-6-8-17/h9,12,17-18H,3-8,10-11,13-16H2,1-2H3,(H,23,28)/t18-/m0/s1. The molecule has 2 amide bonds. The average Bonchev–Trinajstić information content (AvgIpc) is 3.09. The summed E-state index contributed by atoms with van der Waals surface area (Å²) in [6, 6.07) is -0.344. The second kappa shape index (κ2) is 10.0. The van der Waals surface area contributed by atoms with E-state index in [4.69, 9.17) is 0 Å². The Hall–Kier alpha value is -1.89. The molecule has 2 heterocycles. The van der Waals surface area contributed by atoms with Crippen LogP contribution in [0, 0.1) is 5.92 Å².